The molecule has 4 nitrogen and oxygen atoms in total. The predicted octanol–water partition coefficient (Wildman–Crippen LogP) is 1.80. The number of rotatable bonds is 2. The first-order chi connectivity index (χ1) is 9.25. The fourth-order valence-corrected chi connectivity index (χ4v) is 2.95. The van der Waals surface area contributed by atoms with Gasteiger partial charge in [-0.2, -0.15) is 0 Å². The van der Waals surface area contributed by atoms with E-state index in [1.165, 1.54) is 12.8 Å². The molecule has 1 N–H and O–H groups in total. The Labute approximate surface area is 113 Å². The number of carbonyl (C=O) groups is 1. The van der Waals surface area contributed by atoms with Crippen LogP contribution in [0.1, 0.15) is 19.3 Å². The predicted molar refractivity (Wildman–Crippen MR) is 74.5 cm³/mol. The molecule has 0 saturated carbocycles. The van der Waals surface area contributed by atoms with Crippen molar-refractivity contribution in [1.29, 1.82) is 0 Å². The summed E-state index contributed by atoms with van der Waals surface area (Å²) in [7, 11) is 1.83. The maximum atomic E-state index is 12.3. The molecule has 19 heavy (non-hydrogen) atoms. The van der Waals surface area contributed by atoms with E-state index >= 15 is 0 Å². The van der Waals surface area contributed by atoms with Crippen LogP contribution in [0.2, 0.25) is 0 Å². The molecule has 1 aromatic carbocycles. The van der Waals surface area contributed by atoms with Crippen molar-refractivity contribution >= 4 is 11.6 Å². The van der Waals surface area contributed by atoms with Gasteiger partial charge in [-0.3, -0.25) is 4.79 Å². The highest BCUT2D eigenvalue weighted by Gasteiger charge is 2.33. The number of nitrogens with one attached hydrogen (secondary N) is 1. The van der Waals surface area contributed by atoms with E-state index in [2.05, 4.69) is 5.32 Å². The minimum absolute atomic E-state index is 0.0734. The van der Waals surface area contributed by atoms with Crippen molar-refractivity contribution in [3.8, 4) is 5.75 Å². The van der Waals surface area contributed by atoms with E-state index in [1.807, 2.05) is 31.3 Å². The minimum Gasteiger partial charge on any atom is -0.478 e. The minimum atomic E-state index is -0.329. The second-order valence-corrected chi connectivity index (χ2v) is 5.42. The summed E-state index contributed by atoms with van der Waals surface area (Å²) in [6, 6.07) is 7.73. The van der Waals surface area contributed by atoms with Gasteiger partial charge in [-0.05, 0) is 50.4 Å². The normalized spacial score (nSPS) is 26.8. The highest BCUT2D eigenvalue weighted by atomic mass is 16.5. The lowest BCUT2D eigenvalue weighted by Gasteiger charge is -2.34. The largest absolute Gasteiger partial charge is 0.478 e. The Morgan fingerprint density at radius 2 is 2.26 bits per heavy atom. The van der Waals surface area contributed by atoms with Crippen LogP contribution in [0.25, 0.3) is 0 Å². The monoisotopic (exact) mass is 260 g/mol. The van der Waals surface area contributed by atoms with Gasteiger partial charge in [0.15, 0.2) is 6.10 Å². The Morgan fingerprint density at radius 1 is 1.42 bits per heavy atom. The topological polar surface area (TPSA) is 41.6 Å². The third-order valence-corrected chi connectivity index (χ3v) is 4.05. The first kappa shape index (κ1) is 12.5. The Morgan fingerprint density at radius 3 is 3.05 bits per heavy atom. The number of nitrogens with zero attached hydrogens (tertiary/aromatic N) is 1. The molecule has 1 amide bonds. The SMILES string of the molecule is CN1C(=O)C(CC2CCCNC2)Oc2ccccc21. The molecule has 2 aliphatic rings. The molecule has 4 heteroatoms. The summed E-state index contributed by atoms with van der Waals surface area (Å²) in [5.41, 5.74) is 0.866. The molecule has 0 aliphatic carbocycles. The molecule has 2 heterocycles. The summed E-state index contributed by atoms with van der Waals surface area (Å²) in [6.45, 7) is 2.09. The summed E-state index contributed by atoms with van der Waals surface area (Å²) in [5.74, 6) is 1.43. The molecular formula is C15H20N2O2. The van der Waals surface area contributed by atoms with Gasteiger partial charge >= 0.3 is 0 Å². The van der Waals surface area contributed by atoms with Crippen LogP contribution in [0.15, 0.2) is 24.3 Å². The van der Waals surface area contributed by atoms with Gasteiger partial charge in [0.25, 0.3) is 5.91 Å². The Hall–Kier alpha value is -1.55. The standard InChI is InChI=1S/C15H20N2O2/c1-17-12-6-2-3-7-13(12)19-14(15(17)18)9-11-5-4-8-16-10-11/h2-3,6-7,11,14,16H,4-5,8-10H2,1H3. The van der Waals surface area contributed by atoms with E-state index in [-0.39, 0.29) is 12.0 Å². The van der Waals surface area contributed by atoms with Crippen LogP contribution in [0.5, 0.6) is 5.75 Å². The molecule has 1 aromatic rings. The highest BCUT2D eigenvalue weighted by molar-refractivity contribution is 5.99. The molecular weight excluding hydrogens is 240 g/mol. The molecule has 2 aliphatic heterocycles. The number of piperidine rings is 1. The lowest BCUT2D eigenvalue weighted by molar-refractivity contribution is -0.126. The molecule has 0 spiro atoms. The summed E-state index contributed by atoms with van der Waals surface area (Å²) in [4.78, 5) is 14.1. The van der Waals surface area contributed by atoms with Crippen molar-refractivity contribution in [3.63, 3.8) is 0 Å². The zero-order chi connectivity index (χ0) is 13.2. The van der Waals surface area contributed by atoms with Gasteiger partial charge in [-0.25, -0.2) is 0 Å². The van der Waals surface area contributed by atoms with E-state index in [9.17, 15) is 4.79 Å². The number of benzene rings is 1. The third-order valence-electron chi connectivity index (χ3n) is 4.05. The number of hydrogen-bond donors (Lipinski definition) is 1. The van der Waals surface area contributed by atoms with Crippen LogP contribution in [0.4, 0.5) is 5.69 Å². The van der Waals surface area contributed by atoms with Crippen molar-refractivity contribution < 1.29 is 9.53 Å². The average molecular weight is 260 g/mol. The van der Waals surface area contributed by atoms with Gasteiger partial charge in [-0.15, -0.1) is 0 Å². The number of anilines is 1. The maximum Gasteiger partial charge on any atom is 0.267 e. The van der Waals surface area contributed by atoms with Gasteiger partial charge in [0.2, 0.25) is 0 Å². The molecule has 1 saturated heterocycles. The summed E-state index contributed by atoms with van der Waals surface area (Å²) >= 11 is 0. The Balaban J connectivity index is 1.75. The van der Waals surface area contributed by atoms with Crippen LogP contribution in [0.3, 0.4) is 0 Å². The van der Waals surface area contributed by atoms with Crippen molar-refractivity contribution in [1.82, 2.24) is 5.32 Å². The molecule has 102 valence electrons. The zero-order valence-electron chi connectivity index (χ0n) is 11.3. The second-order valence-electron chi connectivity index (χ2n) is 5.42. The second kappa shape index (κ2) is 5.21. The van der Waals surface area contributed by atoms with Crippen molar-refractivity contribution in [2.24, 2.45) is 5.92 Å². The quantitative estimate of drug-likeness (QED) is 0.881. The van der Waals surface area contributed by atoms with Gasteiger partial charge < -0.3 is 15.0 Å². The third kappa shape index (κ3) is 2.45. The smallest absolute Gasteiger partial charge is 0.267 e. The number of carbonyl (C=O) groups excluding carboxylic acids is 1. The number of likely N-dealkylation sites (N-methyl/N-ethyl adjacent to an activating group) is 1. The fourth-order valence-electron chi connectivity index (χ4n) is 2.95. The summed E-state index contributed by atoms with van der Waals surface area (Å²) in [6.07, 6.45) is 2.86. The van der Waals surface area contributed by atoms with Crippen LogP contribution in [0, 0.1) is 5.92 Å². The van der Waals surface area contributed by atoms with E-state index < -0.39 is 0 Å². The van der Waals surface area contributed by atoms with Gasteiger partial charge in [0.1, 0.15) is 5.75 Å². The van der Waals surface area contributed by atoms with Crippen molar-refractivity contribution in [3.05, 3.63) is 24.3 Å². The van der Waals surface area contributed by atoms with Gasteiger partial charge in [0.05, 0.1) is 5.69 Å². The lowest BCUT2D eigenvalue weighted by atomic mass is 9.92. The number of hydrogen-bond acceptors (Lipinski definition) is 3. The molecule has 1 fully saturated rings. The molecule has 0 radical (unpaired) electrons. The number of para-hydroxylation sites is 2. The average Bonchev–Trinajstić information content (AvgIpc) is 2.46. The van der Waals surface area contributed by atoms with Crippen LogP contribution in [-0.2, 0) is 4.79 Å². The van der Waals surface area contributed by atoms with Crippen LogP contribution in [-0.4, -0.2) is 32.1 Å². The zero-order valence-corrected chi connectivity index (χ0v) is 11.3. The number of amides is 1. The summed E-state index contributed by atoms with van der Waals surface area (Å²) in [5, 5.41) is 3.39. The molecule has 2 unspecified atom stereocenters. The maximum absolute atomic E-state index is 12.3. The van der Waals surface area contributed by atoms with Crippen molar-refractivity contribution in [2.75, 3.05) is 25.0 Å². The Bertz CT molecular complexity index is 469. The van der Waals surface area contributed by atoms with E-state index in [4.69, 9.17) is 4.74 Å². The van der Waals surface area contributed by atoms with Gasteiger partial charge in [-0.1, -0.05) is 12.1 Å². The van der Waals surface area contributed by atoms with E-state index in [0.29, 0.717) is 5.92 Å². The summed E-state index contributed by atoms with van der Waals surface area (Å²) < 4.78 is 5.90. The molecule has 3 rings (SSSR count). The number of fused-ring (bicyclic) bond motifs is 1. The van der Waals surface area contributed by atoms with Crippen LogP contribution < -0.4 is 15.0 Å². The fraction of sp³-hybridized carbons (Fsp3) is 0.533. The molecule has 0 aromatic heterocycles. The van der Waals surface area contributed by atoms with Crippen LogP contribution >= 0.6 is 0 Å². The highest BCUT2D eigenvalue weighted by Crippen LogP contribution is 2.34. The van der Waals surface area contributed by atoms with Gasteiger partial charge in [0, 0.05) is 7.05 Å². The first-order valence-corrected chi connectivity index (χ1v) is 6.99. The van der Waals surface area contributed by atoms with Crippen molar-refractivity contribution in [2.45, 2.75) is 25.4 Å². The van der Waals surface area contributed by atoms with E-state index in [1.54, 1.807) is 4.90 Å². The first-order valence-electron chi connectivity index (χ1n) is 6.99. The molecule has 0 bridgehead atoms. The molecule has 2 atom stereocenters. The number of ether oxygens (including phenoxy) is 1. The lowest BCUT2D eigenvalue weighted by Crippen LogP contribution is -2.46. The Kier molecular flexibility index (Phi) is 3.42. The van der Waals surface area contributed by atoms with E-state index in [0.717, 1.165) is 30.9 Å².